The molecule has 1 aromatic heterocycles. The Morgan fingerprint density at radius 3 is 2.45 bits per heavy atom. The summed E-state index contributed by atoms with van der Waals surface area (Å²) in [7, 11) is 3.16. The molecule has 1 aliphatic heterocycles. The van der Waals surface area contributed by atoms with Gasteiger partial charge >= 0.3 is 0 Å². The Labute approximate surface area is 189 Å². The molecule has 0 fully saturated rings. The second-order valence-corrected chi connectivity index (χ2v) is 7.86. The highest BCUT2D eigenvalue weighted by atomic mass is 19.1. The minimum absolute atomic E-state index is 0.327. The zero-order valence-corrected chi connectivity index (χ0v) is 18.3. The van der Waals surface area contributed by atoms with E-state index in [2.05, 4.69) is 20.6 Å². The van der Waals surface area contributed by atoms with E-state index in [1.165, 1.54) is 47.2 Å². The predicted octanol–water partition coefficient (Wildman–Crippen LogP) is 2.60. The minimum Gasteiger partial charge on any atom is -0.363 e. The smallest absolute Gasteiger partial charge is 0.279 e. The van der Waals surface area contributed by atoms with E-state index in [-0.39, 0.29) is 5.91 Å². The first-order valence-electron chi connectivity index (χ1n) is 10.2. The SMILES string of the molecule is CN1C(=O)[C@](C)(O)N(C)c2nc(NCc3ccc(NC(=O)c4ccc(F)cc4)cc3)ncc21. The van der Waals surface area contributed by atoms with Gasteiger partial charge in [-0.25, -0.2) is 9.37 Å². The van der Waals surface area contributed by atoms with E-state index >= 15 is 0 Å². The molecule has 33 heavy (non-hydrogen) atoms. The first kappa shape index (κ1) is 22.2. The first-order chi connectivity index (χ1) is 15.7. The molecule has 10 heteroatoms. The van der Waals surface area contributed by atoms with Crippen LogP contribution in [0.2, 0.25) is 0 Å². The van der Waals surface area contributed by atoms with Crippen molar-refractivity contribution in [3.63, 3.8) is 0 Å². The van der Waals surface area contributed by atoms with Crippen molar-refractivity contribution in [3.8, 4) is 0 Å². The number of anilines is 4. The van der Waals surface area contributed by atoms with Gasteiger partial charge in [0.2, 0.25) is 11.7 Å². The summed E-state index contributed by atoms with van der Waals surface area (Å²) in [5, 5.41) is 16.4. The Bertz CT molecular complexity index is 1200. The first-order valence-corrected chi connectivity index (χ1v) is 10.2. The van der Waals surface area contributed by atoms with Crippen LogP contribution in [0.5, 0.6) is 0 Å². The summed E-state index contributed by atoms with van der Waals surface area (Å²) in [4.78, 5) is 36.0. The minimum atomic E-state index is -1.71. The lowest BCUT2D eigenvalue weighted by molar-refractivity contribution is -0.135. The highest BCUT2D eigenvalue weighted by Crippen LogP contribution is 2.36. The molecule has 0 saturated heterocycles. The number of aliphatic hydroxyl groups is 1. The molecular weight excluding hydrogens is 427 g/mol. The van der Waals surface area contributed by atoms with E-state index in [1.807, 2.05) is 12.1 Å². The van der Waals surface area contributed by atoms with Gasteiger partial charge in [0, 0.05) is 31.9 Å². The van der Waals surface area contributed by atoms with Crippen LogP contribution in [0.3, 0.4) is 0 Å². The van der Waals surface area contributed by atoms with Gasteiger partial charge in [-0.1, -0.05) is 12.1 Å². The molecule has 3 aromatic rings. The number of likely N-dealkylation sites (N-methyl/N-ethyl adjacent to an activating group) is 2. The van der Waals surface area contributed by atoms with Gasteiger partial charge in [0.1, 0.15) is 11.5 Å². The molecule has 0 saturated carbocycles. The number of hydrogen-bond acceptors (Lipinski definition) is 7. The van der Waals surface area contributed by atoms with Crippen molar-refractivity contribution in [3.05, 3.63) is 71.7 Å². The molecule has 0 spiro atoms. The Balaban J connectivity index is 1.41. The number of amides is 2. The van der Waals surface area contributed by atoms with Gasteiger partial charge in [-0.15, -0.1) is 0 Å². The largest absolute Gasteiger partial charge is 0.363 e. The third kappa shape index (κ3) is 4.33. The lowest BCUT2D eigenvalue weighted by Gasteiger charge is -2.42. The van der Waals surface area contributed by atoms with E-state index in [9.17, 15) is 19.1 Å². The number of nitrogens with one attached hydrogen (secondary N) is 2. The Hall–Kier alpha value is -4.05. The lowest BCUT2D eigenvalue weighted by atomic mass is 10.1. The number of fused-ring (bicyclic) bond motifs is 1. The number of rotatable bonds is 5. The Morgan fingerprint density at radius 2 is 1.79 bits per heavy atom. The monoisotopic (exact) mass is 450 g/mol. The molecule has 1 atom stereocenters. The number of nitrogens with zero attached hydrogens (tertiary/aromatic N) is 4. The van der Waals surface area contributed by atoms with Gasteiger partial charge in [-0.2, -0.15) is 4.98 Å². The van der Waals surface area contributed by atoms with Gasteiger partial charge in [-0.3, -0.25) is 9.59 Å². The van der Waals surface area contributed by atoms with Gasteiger partial charge in [0.05, 0.1) is 6.20 Å². The molecule has 0 unspecified atom stereocenters. The maximum atomic E-state index is 13.0. The van der Waals surface area contributed by atoms with Gasteiger partial charge in [0.15, 0.2) is 5.82 Å². The van der Waals surface area contributed by atoms with Crippen LogP contribution in [-0.2, 0) is 11.3 Å². The average Bonchev–Trinajstić information content (AvgIpc) is 2.81. The predicted molar refractivity (Wildman–Crippen MR) is 123 cm³/mol. The summed E-state index contributed by atoms with van der Waals surface area (Å²) in [6.45, 7) is 1.83. The average molecular weight is 450 g/mol. The van der Waals surface area contributed by atoms with Crippen molar-refractivity contribution >= 4 is 35.0 Å². The van der Waals surface area contributed by atoms with E-state index < -0.39 is 17.4 Å². The van der Waals surface area contributed by atoms with E-state index in [4.69, 9.17) is 0 Å². The molecular formula is C23H23FN6O3. The van der Waals surface area contributed by atoms with Gasteiger partial charge in [-0.05, 0) is 48.9 Å². The number of carbonyl (C=O) groups excluding carboxylic acids is 2. The fourth-order valence-electron chi connectivity index (χ4n) is 3.40. The van der Waals surface area contributed by atoms with Crippen LogP contribution in [0.4, 0.5) is 27.5 Å². The van der Waals surface area contributed by atoms with Crippen LogP contribution in [0.15, 0.2) is 54.7 Å². The van der Waals surface area contributed by atoms with E-state index in [0.717, 1.165) is 5.56 Å². The summed E-state index contributed by atoms with van der Waals surface area (Å²) in [6.07, 6.45) is 1.53. The normalized spacial score (nSPS) is 17.5. The maximum Gasteiger partial charge on any atom is 0.279 e. The molecule has 0 radical (unpaired) electrons. The summed E-state index contributed by atoms with van der Waals surface area (Å²) < 4.78 is 13.0. The van der Waals surface area contributed by atoms with Crippen molar-refractivity contribution in [1.82, 2.24) is 9.97 Å². The summed E-state index contributed by atoms with van der Waals surface area (Å²) in [5.41, 5.74) is 0.684. The fraction of sp³-hybridized carbons (Fsp3) is 0.217. The third-order valence-corrected chi connectivity index (χ3v) is 5.56. The van der Waals surface area contributed by atoms with Crippen LogP contribution in [0, 0.1) is 5.82 Å². The highest BCUT2D eigenvalue weighted by molar-refractivity contribution is 6.06. The molecule has 3 N–H and O–H groups in total. The fourth-order valence-corrected chi connectivity index (χ4v) is 3.40. The molecule has 2 heterocycles. The van der Waals surface area contributed by atoms with E-state index in [1.54, 1.807) is 26.2 Å². The number of halogens is 1. The second-order valence-electron chi connectivity index (χ2n) is 7.86. The van der Waals surface area contributed by atoms with Gasteiger partial charge in [0.25, 0.3) is 11.8 Å². The molecule has 1 aliphatic rings. The van der Waals surface area contributed by atoms with E-state index in [0.29, 0.717) is 35.2 Å². The Kier molecular flexibility index (Phi) is 5.69. The zero-order chi connectivity index (χ0) is 23.8. The summed E-state index contributed by atoms with van der Waals surface area (Å²) in [5.74, 6) is -0.421. The lowest BCUT2D eigenvalue weighted by Crippen LogP contribution is -2.60. The quantitative estimate of drug-likeness (QED) is 0.548. The molecule has 4 rings (SSSR count). The molecule has 2 aromatic carbocycles. The number of hydrogen-bond donors (Lipinski definition) is 3. The molecule has 170 valence electrons. The van der Waals surface area contributed by atoms with Crippen molar-refractivity contribution in [1.29, 1.82) is 0 Å². The van der Waals surface area contributed by atoms with Crippen molar-refractivity contribution in [2.24, 2.45) is 0 Å². The standard InChI is InChI=1S/C23H23FN6O3/c1-23(33)21(32)29(2)18-13-26-22(28-19(18)30(23)3)25-12-14-4-10-17(11-5-14)27-20(31)15-6-8-16(24)9-7-15/h4-11,13,33H,12H2,1-3H3,(H,27,31)(H,25,26,28)/t23-/m0/s1. The third-order valence-electron chi connectivity index (χ3n) is 5.56. The van der Waals surface area contributed by atoms with Crippen LogP contribution in [-0.4, -0.2) is 46.7 Å². The van der Waals surface area contributed by atoms with Crippen LogP contribution in [0.1, 0.15) is 22.8 Å². The van der Waals surface area contributed by atoms with Gasteiger partial charge < -0.3 is 25.5 Å². The number of carbonyl (C=O) groups is 2. The molecule has 0 aliphatic carbocycles. The molecule has 2 amide bonds. The molecule has 9 nitrogen and oxygen atoms in total. The van der Waals surface area contributed by atoms with Crippen LogP contribution in [0.25, 0.3) is 0 Å². The van der Waals surface area contributed by atoms with Crippen molar-refractivity contribution in [2.45, 2.75) is 19.2 Å². The second kappa shape index (κ2) is 8.47. The number of benzene rings is 2. The Morgan fingerprint density at radius 1 is 1.12 bits per heavy atom. The van der Waals surface area contributed by atoms with Crippen molar-refractivity contribution < 1.29 is 19.1 Å². The maximum absolute atomic E-state index is 13.0. The summed E-state index contributed by atoms with van der Waals surface area (Å²) >= 11 is 0. The highest BCUT2D eigenvalue weighted by Gasteiger charge is 2.44. The van der Waals surface area contributed by atoms with Crippen LogP contribution >= 0.6 is 0 Å². The molecule has 0 bridgehead atoms. The topological polar surface area (TPSA) is 111 Å². The van der Waals surface area contributed by atoms with Crippen LogP contribution < -0.4 is 20.4 Å². The van der Waals surface area contributed by atoms with Crippen molar-refractivity contribution in [2.75, 3.05) is 34.5 Å². The summed E-state index contributed by atoms with van der Waals surface area (Å²) in [6, 6.07) is 12.5. The zero-order valence-electron chi connectivity index (χ0n) is 18.3. The number of aromatic nitrogens is 2.